The fraction of sp³-hybridized carbons (Fsp3) is 0.438. The lowest BCUT2D eigenvalue weighted by Crippen LogP contribution is -2.34. The zero-order valence-corrected chi connectivity index (χ0v) is 14.1. The molecule has 21 heavy (non-hydrogen) atoms. The third kappa shape index (κ3) is 3.30. The second-order valence-electron chi connectivity index (χ2n) is 5.77. The van der Waals surface area contributed by atoms with Gasteiger partial charge in [-0.05, 0) is 23.8 Å². The summed E-state index contributed by atoms with van der Waals surface area (Å²) in [5.41, 5.74) is 2.64. The zero-order chi connectivity index (χ0) is 14.8. The molecule has 0 amide bonds. The number of hydrogen-bond acceptors (Lipinski definition) is 3. The number of halogens is 1. The molecule has 0 spiro atoms. The third-order valence-corrected chi connectivity index (χ3v) is 4.32. The Balaban J connectivity index is 1.84. The van der Waals surface area contributed by atoms with Gasteiger partial charge in [0.15, 0.2) is 0 Å². The van der Waals surface area contributed by atoms with Crippen molar-refractivity contribution in [3.05, 3.63) is 46.5 Å². The van der Waals surface area contributed by atoms with E-state index in [1.807, 2.05) is 6.20 Å². The van der Waals surface area contributed by atoms with Crippen molar-refractivity contribution in [3.8, 4) is 0 Å². The molecule has 0 saturated carbocycles. The van der Waals surface area contributed by atoms with Crippen LogP contribution in [0.15, 0.2) is 35.1 Å². The van der Waals surface area contributed by atoms with Crippen molar-refractivity contribution in [2.45, 2.75) is 39.5 Å². The second-order valence-corrected chi connectivity index (χ2v) is 6.68. The van der Waals surface area contributed by atoms with Crippen molar-refractivity contribution in [3.63, 3.8) is 0 Å². The second kappa shape index (κ2) is 6.20. The highest BCUT2D eigenvalue weighted by molar-refractivity contribution is 9.10. The molecule has 0 atom stereocenters. The summed E-state index contributed by atoms with van der Waals surface area (Å²) in [6, 6.07) is 7.03. The van der Waals surface area contributed by atoms with E-state index in [1.54, 1.807) is 0 Å². The number of rotatable bonds is 4. The molecule has 1 aliphatic heterocycles. The third-order valence-electron chi connectivity index (χ3n) is 3.83. The maximum Gasteiger partial charge on any atom is 0.128 e. The minimum Gasteiger partial charge on any atom is -0.362 e. The van der Waals surface area contributed by atoms with E-state index >= 15 is 0 Å². The fourth-order valence-electron chi connectivity index (χ4n) is 2.70. The molecular formula is C16H21BrN4. The number of fused-ring (bicyclic) bond motifs is 1. The smallest absolute Gasteiger partial charge is 0.128 e. The molecule has 1 aliphatic rings. The predicted octanol–water partition coefficient (Wildman–Crippen LogP) is 3.16. The molecule has 3 rings (SSSR count). The van der Waals surface area contributed by atoms with Gasteiger partial charge in [0, 0.05) is 48.2 Å². The largest absolute Gasteiger partial charge is 0.362 e. The molecule has 0 bridgehead atoms. The number of nitrogens with zero attached hydrogens (tertiary/aromatic N) is 3. The van der Waals surface area contributed by atoms with Crippen LogP contribution in [0, 0.1) is 0 Å². The first-order valence-corrected chi connectivity index (χ1v) is 8.19. The average molecular weight is 349 g/mol. The monoisotopic (exact) mass is 348 g/mol. The van der Waals surface area contributed by atoms with Crippen molar-refractivity contribution in [1.29, 1.82) is 0 Å². The van der Waals surface area contributed by atoms with Crippen molar-refractivity contribution < 1.29 is 0 Å². The van der Waals surface area contributed by atoms with Gasteiger partial charge in [-0.3, -0.25) is 0 Å². The van der Waals surface area contributed by atoms with E-state index in [0.717, 1.165) is 36.5 Å². The van der Waals surface area contributed by atoms with E-state index in [0.29, 0.717) is 6.04 Å². The van der Waals surface area contributed by atoms with Crippen LogP contribution in [0.1, 0.15) is 25.2 Å². The van der Waals surface area contributed by atoms with E-state index in [-0.39, 0.29) is 0 Å². The van der Waals surface area contributed by atoms with Gasteiger partial charge < -0.3 is 14.8 Å². The van der Waals surface area contributed by atoms with Crippen molar-refractivity contribution in [2.24, 2.45) is 0 Å². The number of anilines is 1. The highest BCUT2D eigenvalue weighted by Crippen LogP contribution is 2.27. The van der Waals surface area contributed by atoms with Crippen LogP contribution in [0.4, 0.5) is 5.69 Å². The van der Waals surface area contributed by atoms with Crippen LogP contribution in [-0.2, 0) is 19.6 Å². The quantitative estimate of drug-likeness (QED) is 0.921. The summed E-state index contributed by atoms with van der Waals surface area (Å²) in [5, 5.41) is 3.51. The average Bonchev–Trinajstić information content (AvgIpc) is 2.92. The van der Waals surface area contributed by atoms with Crippen molar-refractivity contribution in [1.82, 2.24) is 14.9 Å². The summed E-state index contributed by atoms with van der Waals surface area (Å²) < 4.78 is 3.37. The standard InChI is InChI=1S/C16H21BrN4/c1-12(2)19-10-13-9-14(17)3-4-15(13)21-8-7-20-6-5-18-16(20)11-21/h3-6,9,12,19H,7-8,10-11H2,1-2H3. The van der Waals surface area contributed by atoms with Crippen molar-refractivity contribution in [2.75, 3.05) is 11.4 Å². The maximum atomic E-state index is 4.45. The Morgan fingerprint density at radius 3 is 3.00 bits per heavy atom. The lowest BCUT2D eigenvalue weighted by molar-refractivity contribution is 0.553. The van der Waals surface area contributed by atoms with E-state index in [4.69, 9.17) is 0 Å². The van der Waals surface area contributed by atoms with E-state index < -0.39 is 0 Å². The molecule has 0 saturated heterocycles. The summed E-state index contributed by atoms with van der Waals surface area (Å²) in [6.07, 6.45) is 3.96. The topological polar surface area (TPSA) is 33.1 Å². The molecule has 1 aromatic heterocycles. The molecule has 2 heterocycles. The van der Waals surface area contributed by atoms with Gasteiger partial charge in [0.1, 0.15) is 5.82 Å². The van der Waals surface area contributed by atoms with E-state index in [1.165, 1.54) is 11.3 Å². The first-order chi connectivity index (χ1) is 10.1. The summed E-state index contributed by atoms with van der Waals surface area (Å²) in [6.45, 7) is 8.15. The van der Waals surface area contributed by atoms with Crippen LogP contribution >= 0.6 is 15.9 Å². The van der Waals surface area contributed by atoms with Gasteiger partial charge in [-0.2, -0.15) is 0 Å². The van der Waals surface area contributed by atoms with Crippen LogP contribution in [-0.4, -0.2) is 22.1 Å². The minimum absolute atomic E-state index is 0.483. The molecule has 1 N–H and O–H groups in total. The SMILES string of the molecule is CC(C)NCc1cc(Br)ccc1N1CCn2ccnc2C1. The summed E-state index contributed by atoms with van der Waals surface area (Å²) in [5.74, 6) is 1.15. The number of aromatic nitrogens is 2. The Morgan fingerprint density at radius 2 is 2.19 bits per heavy atom. The van der Waals surface area contributed by atoms with Crippen LogP contribution in [0.25, 0.3) is 0 Å². The summed E-state index contributed by atoms with van der Waals surface area (Å²) in [4.78, 5) is 6.87. The van der Waals surface area contributed by atoms with Gasteiger partial charge in [0.05, 0.1) is 6.54 Å². The van der Waals surface area contributed by atoms with Gasteiger partial charge in [-0.1, -0.05) is 29.8 Å². The molecule has 1 aromatic carbocycles. The van der Waals surface area contributed by atoms with E-state index in [9.17, 15) is 0 Å². The number of nitrogens with one attached hydrogen (secondary N) is 1. The molecule has 0 radical (unpaired) electrons. The molecular weight excluding hydrogens is 328 g/mol. The van der Waals surface area contributed by atoms with Crippen LogP contribution in [0.5, 0.6) is 0 Å². The number of imidazole rings is 1. The van der Waals surface area contributed by atoms with Gasteiger partial charge in [0.2, 0.25) is 0 Å². The molecule has 0 aliphatic carbocycles. The molecule has 4 nitrogen and oxygen atoms in total. The zero-order valence-electron chi connectivity index (χ0n) is 12.5. The fourth-order valence-corrected chi connectivity index (χ4v) is 3.11. The van der Waals surface area contributed by atoms with Crippen LogP contribution in [0.2, 0.25) is 0 Å². The Bertz CT molecular complexity index is 620. The Kier molecular flexibility index (Phi) is 4.31. The number of hydrogen-bond donors (Lipinski definition) is 1. The van der Waals surface area contributed by atoms with Gasteiger partial charge in [-0.25, -0.2) is 4.98 Å². The molecule has 5 heteroatoms. The first-order valence-electron chi connectivity index (χ1n) is 7.40. The van der Waals surface area contributed by atoms with Crippen LogP contribution < -0.4 is 10.2 Å². The van der Waals surface area contributed by atoms with Crippen molar-refractivity contribution >= 4 is 21.6 Å². The first kappa shape index (κ1) is 14.6. The van der Waals surface area contributed by atoms with E-state index in [2.05, 4.69) is 73.9 Å². The molecule has 112 valence electrons. The molecule has 0 fully saturated rings. The molecule has 2 aromatic rings. The Labute approximate surface area is 134 Å². The minimum atomic E-state index is 0.483. The lowest BCUT2D eigenvalue weighted by atomic mass is 10.1. The van der Waals surface area contributed by atoms with Crippen LogP contribution in [0.3, 0.4) is 0 Å². The van der Waals surface area contributed by atoms with Gasteiger partial charge in [-0.15, -0.1) is 0 Å². The maximum absolute atomic E-state index is 4.45. The predicted molar refractivity (Wildman–Crippen MR) is 89.4 cm³/mol. The summed E-state index contributed by atoms with van der Waals surface area (Å²) >= 11 is 3.58. The Hall–Kier alpha value is -1.33. The Morgan fingerprint density at radius 1 is 1.33 bits per heavy atom. The highest BCUT2D eigenvalue weighted by atomic mass is 79.9. The van der Waals surface area contributed by atoms with Gasteiger partial charge in [0.25, 0.3) is 0 Å². The lowest BCUT2D eigenvalue weighted by Gasteiger charge is -2.31. The highest BCUT2D eigenvalue weighted by Gasteiger charge is 2.19. The number of benzene rings is 1. The van der Waals surface area contributed by atoms with Gasteiger partial charge >= 0.3 is 0 Å². The normalized spacial score (nSPS) is 14.6. The molecule has 0 unspecified atom stereocenters. The summed E-state index contributed by atoms with van der Waals surface area (Å²) in [7, 11) is 0.